The maximum absolute atomic E-state index is 15.4. The molecule has 2 aromatic rings. The summed E-state index contributed by atoms with van der Waals surface area (Å²) >= 11 is 0. The third kappa shape index (κ3) is 5.04. The first kappa shape index (κ1) is 25.5. The van der Waals surface area contributed by atoms with Crippen LogP contribution in [-0.4, -0.2) is 56.2 Å². The van der Waals surface area contributed by atoms with Gasteiger partial charge in [0.05, 0.1) is 18.8 Å². The predicted octanol–water partition coefficient (Wildman–Crippen LogP) is 3.83. The number of halogens is 6. The van der Waals surface area contributed by atoms with Crippen molar-refractivity contribution in [3.05, 3.63) is 59.4 Å². The Bertz CT molecular complexity index is 1250. The van der Waals surface area contributed by atoms with E-state index in [1.165, 1.54) is 24.3 Å². The number of rotatable bonds is 6. The van der Waals surface area contributed by atoms with Gasteiger partial charge in [0.2, 0.25) is 15.9 Å². The summed E-state index contributed by atoms with van der Waals surface area (Å²) in [5.74, 6) is -8.82. The van der Waals surface area contributed by atoms with E-state index in [9.17, 15) is 35.2 Å². The lowest BCUT2D eigenvalue weighted by atomic mass is 9.82. The second-order valence-electron chi connectivity index (χ2n) is 9.01. The van der Waals surface area contributed by atoms with Crippen molar-refractivity contribution in [2.45, 2.75) is 43.4 Å². The molecule has 0 aromatic heterocycles. The number of sulfonamides is 1. The van der Waals surface area contributed by atoms with Gasteiger partial charge in [0.1, 0.15) is 18.0 Å². The average molecular weight is 520 g/mol. The first-order valence-corrected chi connectivity index (χ1v) is 12.7. The predicted molar refractivity (Wildman–Crippen MR) is 115 cm³/mol. The van der Waals surface area contributed by atoms with E-state index in [4.69, 9.17) is 0 Å². The standard InChI is InChI=1S/C23H22F6N2O3S/c1-35(33,34)30-21-18(31(11-23(21,28)29)22(32)13-8-14(24)9-13)10-12-4-2-5-15(19(12)26)16-6-3-7-17(25)20(16)27/h2-7,13-14,18,21,30H,8-11H2,1H3/t13?,14?,18-,21+/m0/s1. The van der Waals surface area contributed by atoms with E-state index in [0.29, 0.717) is 6.26 Å². The van der Waals surface area contributed by atoms with Crippen molar-refractivity contribution in [2.24, 2.45) is 5.92 Å². The van der Waals surface area contributed by atoms with Gasteiger partial charge in [-0.3, -0.25) is 4.79 Å². The van der Waals surface area contributed by atoms with Crippen molar-refractivity contribution < 1.29 is 39.6 Å². The number of hydrogen-bond donors (Lipinski definition) is 1. The van der Waals surface area contributed by atoms with Crippen LogP contribution in [0.1, 0.15) is 18.4 Å². The number of carbonyl (C=O) groups excluding carboxylic acids is 1. The zero-order valence-electron chi connectivity index (χ0n) is 18.4. The summed E-state index contributed by atoms with van der Waals surface area (Å²) in [6.45, 7) is -1.13. The number of nitrogens with one attached hydrogen (secondary N) is 1. The Morgan fingerprint density at radius 1 is 1.06 bits per heavy atom. The molecule has 5 nitrogen and oxygen atoms in total. The lowest BCUT2D eigenvalue weighted by Gasteiger charge is -2.35. The molecule has 12 heteroatoms. The average Bonchev–Trinajstić information content (AvgIpc) is 2.98. The molecule has 190 valence electrons. The molecule has 1 amide bonds. The van der Waals surface area contributed by atoms with E-state index in [-0.39, 0.29) is 29.5 Å². The van der Waals surface area contributed by atoms with Crippen LogP contribution in [0.25, 0.3) is 11.1 Å². The van der Waals surface area contributed by atoms with Crippen LogP contribution >= 0.6 is 0 Å². The Balaban J connectivity index is 1.73. The molecule has 0 spiro atoms. The molecule has 0 bridgehead atoms. The molecule has 35 heavy (non-hydrogen) atoms. The highest BCUT2D eigenvalue weighted by atomic mass is 32.2. The Morgan fingerprint density at radius 3 is 2.26 bits per heavy atom. The third-order valence-electron chi connectivity index (χ3n) is 6.42. The van der Waals surface area contributed by atoms with E-state index in [1.807, 2.05) is 4.72 Å². The molecular weight excluding hydrogens is 498 g/mol. The van der Waals surface area contributed by atoms with Crippen molar-refractivity contribution >= 4 is 15.9 Å². The van der Waals surface area contributed by atoms with Crippen LogP contribution in [0.3, 0.4) is 0 Å². The quantitative estimate of drug-likeness (QED) is 0.589. The summed E-state index contributed by atoms with van der Waals surface area (Å²) in [6, 6.07) is 3.34. The number of carbonyl (C=O) groups is 1. The fourth-order valence-corrected chi connectivity index (χ4v) is 5.43. The van der Waals surface area contributed by atoms with Gasteiger partial charge in [-0.2, -0.15) is 0 Å². The molecule has 0 radical (unpaired) electrons. The lowest BCUT2D eigenvalue weighted by Crippen LogP contribution is -2.53. The molecule has 1 heterocycles. The Morgan fingerprint density at radius 2 is 1.66 bits per heavy atom. The highest BCUT2D eigenvalue weighted by molar-refractivity contribution is 7.88. The van der Waals surface area contributed by atoms with Crippen LogP contribution < -0.4 is 4.72 Å². The number of benzene rings is 2. The topological polar surface area (TPSA) is 66.5 Å². The van der Waals surface area contributed by atoms with Crippen molar-refractivity contribution in [3.8, 4) is 11.1 Å². The molecule has 1 aliphatic heterocycles. The van der Waals surface area contributed by atoms with Gasteiger partial charge in [-0.05, 0) is 30.9 Å². The number of likely N-dealkylation sites (tertiary alicyclic amines) is 1. The van der Waals surface area contributed by atoms with Crippen LogP contribution in [0.4, 0.5) is 26.3 Å². The number of alkyl halides is 3. The second-order valence-corrected chi connectivity index (χ2v) is 10.8. The van der Waals surface area contributed by atoms with Gasteiger partial charge in [-0.15, -0.1) is 0 Å². The second kappa shape index (κ2) is 9.12. The number of amides is 1. The minimum Gasteiger partial charge on any atom is -0.331 e. The smallest absolute Gasteiger partial charge is 0.283 e. The zero-order chi connectivity index (χ0) is 25.7. The van der Waals surface area contributed by atoms with Gasteiger partial charge in [-0.1, -0.05) is 30.3 Å². The monoisotopic (exact) mass is 520 g/mol. The van der Waals surface area contributed by atoms with Gasteiger partial charge in [0.25, 0.3) is 5.92 Å². The molecule has 0 unspecified atom stereocenters. The van der Waals surface area contributed by atoms with Crippen molar-refractivity contribution in [2.75, 3.05) is 12.8 Å². The Labute approximate surface area is 198 Å². The zero-order valence-corrected chi connectivity index (χ0v) is 19.3. The van der Waals surface area contributed by atoms with Gasteiger partial charge in [0, 0.05) is 17.0 Å². The molecule has 1 N–H and O–H groups in total. The maximum atomic E-state index is 15.4. The molecule has 1 aliphatic carbocycles. The molecular formula is C23H22F6N2O3S. The van der Waals surface area contributed by atoms with Gasteiger partial charge >= 0.3 is 0 Å². The minimum absolute atomic E-state index is 0.138. The first-order valence-electron chi connectivity index (χ1n) is 10.8. The lowest BCUT2D eigenvalue weighted by molar-refractivity contribution is -0.142. The van der Waals surface area contributed by atoms with Gasteiger partial charge < -0.3 is 4.90 Å². The molecule has 2 aliphatic rings. The fourth-order valence-electron chi connectivity index (χ4n) is 4.64. The summed E-state index contributed by atoms with van der Waals surface area (Å²) in [4.78, 5) is 13.7. The maximum Gasteiger partial charge on any atom is 0.283 e. The summed E-state index contributed by atoms with van der Waals surface area (Å²) in [5, 5.41) is 0. The Kier molecular flexibility index (Phi) is 6.64. The van der Waals surface area contributed by atoms with E-state index < -0.39 is 76.4 Å². The summed E-state index contributed by atoms with van der Waals surface area (Å²) in [6.07, 6.45) is -1.37. The van der Waals surface area contributed by atoms with E-state index in [1.54, 1.807) is 0 Å². The SMILES string of the molecule is CS(=O)(=O)N[C@@H]1[C@H](Cc2cccc(-c3cccc(F)c3F)c2F)N(C(=O)C2CC(F)C2)CC1(F)F. The fraction of sp³-hybridized carbons (Fsp3) is 0.435. The van der Waals surface area contributed by atoms with Crippen LogP contribution in [0.15, 0.2) is 36.4 Å². The van der Waals surface area contributed by atoms with Crippen LogP contribution in [0.5, 0.6) is 0 Å². The number of hydrogen-bond acceptors (Lipinski definition) is 3. The van der Waals surface area contributed by atoms with Gasteiger partial charge in [-0.25, -0.2) is 39.5 Å². The van der Waals surface area contributed by atoms with Crippen LogP contribution in [0, 0.1) is 23.4 Å². The molecule has 2 atom stereocenters. The molecule has 1 saturated carbocycles. The van der Waals surface area contributed by atoms with Crippen molar-refractivity contribution in [1.82, 2.24) is 9.62 Å². The summed E-state index contributed by atoms with van der Waals surface area (Å²) in [7, 11) is -4.16. The molecule has 2 aromatic carbocycles. The first-order chi connectivity index (χ1) is 16.3. The van der Waals surface area contributed by atoms with Crippen molar-refractivity contribution in [1.29, 1.82) is 0 Å². The minimum atomic E-state index is -4.16. The normalized spacial score (nSPS) is 26.0. The van der Waals surface area contributed by atoms with E-state index in [0.717, 1.165) is 17.0 Å². The van der Waals surface area contributed by atoms with E-state index in [2.05, 4.69) is 0 Å². The summed E-state index contributed by atoms with van der Waals surface area (Å²) in [5.41, 5.74) is -0.915. The molecule has 4 rings (SSSR count). The third-order valence-corrected chi connectivity index (χ3v) is 7.11. The highest BCUT2D eigenvalue weighted by Gasteiger charge is 2.58. The van der Waals surface area contributed by atoms with Crippen molar-refractivity contribution in [3.63, 3.8) is 0 Å². The number of nitrogens with zero attached hydrogens (tertiary/aromatic N) is 1. The molecule has 2 fully saturated rings. The molecule has 1 saturated heterocycles. The van der Waals surface area contributed by atoms with Crippen LogP contribution in [-0.2, 0) is 21.2 Å². The van der Waals surface area contributed by atoms with Gasteiger partial charge in [0.15, 0.2) is 11.6 Å². The largest absolute Gasteiger partial charge is 0.331 e. The Hall–Kier alpha value is -2.60. The van der Waals surface area contributed by atoms with Crippen LogP contribution in [0.2, 0.25) is 0 Å². The highest BCUT2D eigenvalue weighted by Crippen LogP contribution is 2.40. The summed E-state index contributed by atoms with van der Waals surface area (Å²) < 4.78 is 112. The van der Waals surface area contributed by atoms with E-state index >= 15 is 4.39 Å².